The van der Waals surface area contributed by atoms with Crippen molar-refractivity contribution >= 4 is 297 Å². The van der Waals surface area contributed by atoms with E-state index in [1.807, 2.05) is 0 Å². The zero-order valence-electron chi connectivity index (χ0n) is 34.4. The summed E-state index contributed by atoms with van der Waals surface area (Å²) in [4.78, 5) is 15.1. The number of esters is 1. The Bertz CT molecular complexity index is 6910. The normalized spacial score (nSPS) is 21.2. The highest BCUT2D eigenvalue weighted by Gasteiger charge is 2.74. The van der Waals surface area contributed by atoms with Crippen molar-refractivity contribution in [1.29, 1.82) is 0 Å². The van der Waals surface area contributed by atoms with E-state index >= 15 is 13.6 Å². The zero-order chi connectivity index (χ0) is 41.1. The minimum Gasteiger partial charge on any atom is -0.462 e. The van der Waals surface area contributed by atoms with Crippen LogP contribution in [0, 0.1) is 0 Å². The van der Waals surface area contributed by atoms with E-state index < -0.39 is 23.2 Å². The molecule has 0 aromatic heterocycles. The van der Waals surface area contributed by atoms with Crippen LogP contribution >= 0.6 is 0 Å². The maximum atomic E-state index is 19.8. The summed E-state index contributed by atoms with van der Waals surface area (Å²) < 4.78 is 45.4. The van der Waals surface area contributed by atoms with Crippen molar-refractivity contribution in [2.75, 3.05) is 6.61 Å². The third-order valence-electron chi connectivity index (χ3n) is 24.2. The van der Waals surface area contributed by atoms with Gasteiger partial charge in [0.15, 0.2) is 0 Å². The lowest BCUT2D eigenvalue weighted by Gasteiger charge is -2.48. The molecule has 4 heteroatoms. The topological polar surface area (TPSA) is 26.3 Å². The Hall–Kier alpha value is -8.21. The van der Waals surface area contributed by atoms with E-state index in [1.54, 1.807) is 12.3 Å². The maximum absolute atomic E-state index is 19.8. The molecule has 32 rings (SSSR count). The lowest BCUT2D eigenvalue weighted by atomic mass is 9.54. The Morgan fingerprint density at radius 1 is 0.324 bits per heavy atom. The molecule has 0 N–H and O–H groups in total. The second-order valence-electron chi connectivity index (χ2n) is 24.4. The van der Waals surface area contributed by atoms with E-state index in [9.17, 15) is 0 Å². The summed E-state index contributed by atoms with van der Waals surface area (Å²) in [5.41, 5.74) is 1.80. The quantitative estimate of drug-likeness (QED) is 0.131. The summed E-state index contributed by atoms with van der Waals surface area (Å²) in [6.45, 7) is 1.60. The Morgan fingerprint density at radius 2 is 0.485 bits per heavy atom. The maximum Gasteiger partial charge on any atom is 0.378 e. The standard InChI is InChI=1S/C64H6F2O2/c1-2-68-62(67)64(65,66)63-59-55-49-35-27-19-7-4-3-5-8(7)20-22-18-12(5)14-10-6(3)9-13-11(4)17-21(19)33(35)41-39-25(17)23(13)31-29-15(9)16(10)30-32-24(14)26(18)40-42-34(22)36(28(20)27)50(49)56(59)52(42)54-46(40)44(32)48-38(30)37(29)47-43(31)45(39)53(51(41)55)60(63)57(47)58(48)61(54)63/h59H,2H2,1H3. The fourth-order valence-corrected chi connectivity index (χ4v) is 24.1. The molecule has 2 nitrogen and oxygen atoms in total. The Balaban J connectivity index is 1.23. The number of halogens is 2. The number of benzene rings is 18. The molecule has 28 aromatic rings. The minimum absolute atomic E-state index is 0.0916. The van der Waals surface area contributed by atoms with Crippen LogP contribution in [0.2, 0.25) is 0 Å². The van der Waals surface area contributed by atoms with Gasteiger partial charge in [0.05, 0.1) is 6.61 Å². The molecule has 0 saturated carbocycles. The van der Waals surface area contributed by atoms with Crippen molar-refractivity contribution in [2.45, 2.75) is 24.2 Å². The van der Waals surface area contributed by atoms with Gasteiger partial charge in [-0.3, -0.25) is 0 Å². The Morgan fingerprint density at radius 3 is 0.691 bits per heavy atom. The molecule has 0 unspecified atom stereocenters. The number of hydrogen-bond acceptors (Lipinski definition) is 2. The second-order valence-corrected chi connectivity index (χ2v) is 24.4. The molecular formula is C64H6F2O2. The predicted octanol–water partition coefficient (Wildman–Crippen LogP) is 17.3. The predicted molar refractivity (Wildman–Crippen MR) is 277 cm³/mol. The molecule has 0 bridgehead atoms. The second kappa shape index (κ2) is 5.69. The molecule has 4 aliphatic rings. The van der Waals surface area contributed by atoms with Crippen molar-refractivity contribution in [3.05, 3.63) is 22.3 Å². The van der Waals surface area contributed by atoms with Crippen molar-refractivity contribution in [3.63, 3.8) is 0 Å². The number of carbonyl (C=O) groups excluding carboxylic acids is 1. The molecule has 0 radical (unpaired) electrons. The van der Waals surface area contributed by atoms with E-state index in [0.29, 0.717) is 0 Å². The van der Waals surface area contributed by atoms with Gasteiger partial charge in [-0.15, -0.1) is 0 Å². The molecule has 0 fully saturated rings. The molecular weight excluding hydrogens is 839 g/mol. The molecule has 0 saturated heterocycles. The summed E-state index contributed by atoms with van der Waals surface area (Å²) in [5.74, 6) is -5.97. The van der Waals surface area contributed by atoms with Gasteiger partial charge in [-0.1, -0.05) is 0 Å². The van der Waals surface area contributed by atoms with Crippen LogP contribution in [0.25, 0.3) is 291 Å². The first-order chi connectivity index (χ1) is 33.6. The van der Waals surface area contributed by atoms with E-state index in [4.69, 9.17) is 4.74 Å². The number of ether oxygens (including phenoxy) is 1. The van der Waals surface area contributed by atoms with Crippen LogP contribution < -0.4 is 0 Å². The van der Waals surface area contributed by atoms with Crippen molar-refractivity contribution in [2.24, 2.45) is 0 Å². The number of rotatable bonds is 3. The molecule has 288 valence electrons. The van der Waals surface area contributed by atoms with Gasteiger partial charge in [-0.25, -0.2) is 4.79 Å². The molecule has 0 aliphatic heterocycles. The first-order valence-electron chi connectivity index (χ1n) is 24.9. The number of alkyl halides is 2. The van der Waals surface area contributed by atoms with E-state index in [2.05, 4.69) is 0 Å². The monoisotopic (exact) mass is 844 g/mol. The van der Waals surface area contributed by atoms with Crippen LogP contribution in [0.4, 0.5) is 8.78 Å². The third kappa shape index (κ3) is 1.32. The van der Waals surface area contributed by atoms with Gasteiger partial charge in [0.1, 0.15) is 5.41 Å². The van der Waals surface area contributed by atoms with Crippen LogP contribution in [-0.2, 0) is 14.9 Å². The van der Waals surface area contributed by atoms with Crippen molar-refractivity contribution < 1.29 is 18.3 Å². The Labute approximate surface area is 366 Å². The van der Waals surface area contributed by atoms with Crippen LogP contribution in [0.15, 0.2) is 0 Å². The third-order valence-corrected chi connectivity index (χ3v) is 24.2. The van der Waals surface area contributed by atoms with Gasteiger partial charge in [-0.2, -0.15) is 8.78 Å². The van der Waals surface area contributed by atoms with Crippen LogP contribution in [0.3, 0.4) is 0 Å². The number of carbonyl (C=O) groups is 1. The van der Waals surface area contributed by atoms with Gasteiger partial charge in [0.2, 0.25) is 0 Å². The van der Waals surface area contributed by atoms with Crippen LogP contribution in [-0.4, -0.2) is 18.5 Å². The fourth-order valence-electron chi connectivity index (χ4n) is 24.1. The highest BCUT2D eigenvalue weighted by Crippen LogP contribution is 2.84. The first-order valence-corrected chi connectivity index (χ1v) is 24.9. The van der Waals surface area contributed by atoms with E-state index in [0.717, 1.165) is 43.8 Å². The number of hydrogen-bond donors (Lipinski definition) is 0. The summed E-state index contributed by atoms with van der Waals surface area (Å²) >= 11 is 0. The molecule has 68 heavy (non-hydrogen) atoms. The lowest BCUT2D eigenvalue weighted by molar-refractivity contribution is -0.181. The summed E-state index contributed by atoms with van der Waals surface area (Å²) in [6.07, 6.45) is 0. The van der Waals surface area contributed by atoms with Gasteiger partial charge in [0.25, 0.3) is 0 Å². The molecule has 0 spiro atoms. The Kier molecular flexibility index (Phi) is 2.14. The van der Waals surface area contributed by atoms with Gasteiger partial charge < -0.3 is 4.74 Å². The fraction of sp³-hybridized carbons (Fsp3) is 0.0781. The lowest BCUT2D eigenvalue weighted by Crippen LogP contribution is -2.56. The molecule has 0 heterocycles. The minimum atomic E-state index is -3.88. The summed E-state index contributed by atoms with van der Waals surface area (Å²) in [6, 6.07) is 0. The van der Waals surface area contributed by atoms with Crippen LogP contribution in [0.5, 0.6) is 0 Å². The largest absolute Gasteiger partial charge is 0.462 e. The SMILES string of the molecule is CCOC(=O)C(F)(F)C12c3c4c5c6c7c8c(c9c%10c1c1c3c3c%11c4c4c5c5c7c7c%12c8c8c9c9c%10c%10c1c1c3c3c%11c%11c4c4c5c7c5c7c%12c8c8c9c9c%10c1c1c3c3c%11c4c5c4c7c8c9c1c34)C62. The summed E-state index contributed by atoms with van der Waals surface area (Å²) in [7, 11) is 0. The average Bonchev–Trinajstić information content (AvgIpc) is 4.28. The highest BCUT2D eigenvalue weighted by molar-refractivity contribution is 6.82. The zero-order valence-corrected chi connectivity index (χ0v) is 34.4. The molecule has 0 atom stereocenters. The molecule has 0 amide bonds. The van der Waals surface area contributed by atoms with E-state index in [1.165, 1.54) is 264 Å². The van der Waals surface area contributed by atoms with Gasteiger partial charge >= 0.3 is 11.9 Å². The molecule has 4 aliphatic carbocycles. The van der Waals surface area contributed by atoms with Crippen molar-refractivity contribution in [3.8, 4) is 0 Å². The summed E-state index contributed by atoms with van der Waals surface area (Å²) in [5, 5.41) is 74.3. The highest BCUT2D eigenvalue weighted by atomic mass is 19.3. The first kappa shape index (κ1) is 25.6. The molecule has 28 aromatic carbocycles. The van der Waals surface area contributed by atoms with Gasteiger partial charge in [-0.05, 0) is 320 Å². The van der Waals surface area contributed by atoms with Gasteiger partial charge in [0, 0.05) is 5.92 Å². The van der Waals surface area contributed by atoms with Crippen LogP contribution in [0.1, 0.15) is 35.1 Å². The average molecular weight is 845 g/mol. The van der Waals surface area contributed by atoms with Crippen molar-refractivity contribution in [1.82, 2.24) is 0 Å². The van der Waals surface area contributed by atoms with E-state index in [-0.39, 0.29) is 6.61 Å². The smallest absolute Gasteiger partial charge is 0.378 e.